The summed E-state index contributed by atoms with van der Waals surface area (Å²) in [5.74, 6) is 0.721. The fourth-order valence-corrected chi connectivity index (χ4v) is 2.73. The van der Waals surface area contributed by atoms with E-state index in [-0.39, 0.29) is 0 Å². The average Bonchev–Trinajstić information content (AvgIpc) is 2.79. The van der Waals surface area contributed by atoms with Gasteiger partial charge in [0.2, 0.25) is 0 Å². The first-order chi connectivity index (χ1) is 8.22. The van der Waals surface area contributed by atoms with Crippen molar-refractivity contribution in [2.45, 2.75) is 39.3 Å². The van der Waals surface area contributed by atoms with Gasteiger partial charge >= 0.3 is 0 Å². The minimum absolute atomic E-state index is 0.694. The molecule has 1 aromatic heterocycles. The summed E-state index contributed by atoms with van der Waals surface area (Å²) in [6.07, 6.45) is 4.56. The maximum Gasteiger partial charge on any atom is 0.0562 e. The molecule has 2 rings (SSSR count). The van der Waals surface area contributed by atoms with Crippen molar-refractivity contribution in [2.75, 3.05) is 18.5 Å². The van der Waals surface area contributed by atoms with Crippen molar-refractivity contribution in [1.29, 1.82) is 0 Å². The van der Waals surface area contributed by atoms with Crippen molar-refractivity contribution < 1.29 is 0 Å². The third kappa shape index (κ3) is 2.78. The van der Waals surface area contributed by atoms with Gasteiger partial charge in [-0.15, -0.1) is 0 Å². The predicted octanol–water partition coefficient (Wildman–Crippen LogP) is 2.43. The lowest BCUT2D eigenvalue weighted by atomic mass is 10.0. The molecule has 3 nitrogen and oxygen atoms in total. The molecule has 1 unspecified atom stereocenters. The SMILES string of the molecule is CNCc1cc(N2CCCC2C(C)C)ccn1. The Morgan fingerprint density at radius 3 is 3.06 bits per heavy atom. The van der Waals surface area contributed by atoms with Crippen molar-refractivity contribution in [3.63, 3.8) is 0 Å². The van der Waals surface area contributed by atoms with Gasteiger partial charge in [0.25, 0.3) is 0 Å². The van der Waals surface area contributed by atoms with E-state index in [1.54, 1.807) is 0 Å². The van der Waals surface area contributed by atoms with Gasteiger partial charge in [-0.25, -0.2) is 0 Å². The minimum Gasteiger partial charge on any atom is -0.368 e. The molecule has 0 bridgehead atoms. The van der Waals surface area contributed by atoms with Crippen molar-refractivity contribution >= 4 is 5.69 Å². The summed E-state index contributed by atoms with van der Waals surface area (Å²) in [5, 5.41) is 3.15. The smallest absolute Gasteiger partial charge is 0.0562 e. The summed E-state index contributed by atoms with van der Waals surface area (Å²) in [6.45, 7) is 6.66. The normalized spacial score (nSPS) is 20.2. The number of pyridine rings is 1. The molecule has 0 saturated carbocycles. The van der Waals surface area contributed by atoms with Gasteiger partial charge in [0.1, 0.15) is 0 Å². The monoisotopic (exact) mass is 233 g/mol. The molecule has 1 N–H and O–H groups in total. The Labute approximate surface area is 104 Å². The molecule has 1 atom stereocenters. The average molecular weight is 233 g/mol. The second-order valence-corrected chi connectivity index (χ2v) is 5.18. The van der Waals surface area contributed by atoms with Crippen molar-refractivity contribution in [1.82, 2.24) is 10.3 Å². The zero-order chi connectivity index (χ0) is 12.3. The van der Waals surface area contributed by atoms with Gasteiger partial charge in [-0.3, -0.25) is 4.98 Å². The molecule has 0 amide bonds. The molecular formula is C14H23N3. The second-order valence-electron chi connectivity index (χ2n) is 5.18. The standard InChI is InChI=1S/C14H23N3/c1-11(2)14-5-4-8-17(14)13-6-7-16-12(9-13)10-15-3/h6-7,9,11,14-15H,4-5,8,10H2,1-3H3. The first-order valence-electron chi connectivity index (χ1n) is 6.58. The maximum absolute atomic E-state index is 4.38. The van der Waals surface area contributed by atoms with Crippen LogP contribution >= 0.6 is 0 Å². The molecule has 0 aromatic carbocycles. The summed E-state index contributed by atoms with van der Waals surface area (Å²) in [4.78, 5) is 6.93. The minimum atomic E-state index is 0.694. The van der Waals surface area contributed by atoms with Gasteiger partial charge in [0.15, 0.2) is 0 Å². The molecule has 0 spiro atoms. The van der Waals surface area contributed by atoms with E-state index in [0.717, 1.165) is 18.2 Å². The molecule has 3 heteroatoms. The van der Waals surface area contributed by atoms with Crippen molar-refractivity contribution in [3.8, 4) is 0 Å². The topological polar surface area (TPSA) is 28.2 Å². The van der Waals surface area contributed by atoms with Crippen LogP contribution in [0.4, 0.5) is 5.69 Å². The number of rotatable bonds is 4. The highest BCUT2D eigenvalue weighted by Crippen LogP contribution is 2.29. The lowest BCUT2D eigenvalue weighted by molar-refractivity contribution is 0.491. The number of aromatic nitrogens is 1. The molecule has 17 heavy (non-hydrogen) atoms. The van der Waals surface area contributed by atoms with Crippen LogP contribution in [0.3, 0.4) is 0 Å². The number of hydrogen-bond acceptors (Lipinski definition) is 3. The van der Waals surface area contributed by atoms with E-state index in [1.807, 2.05) is 13.2 Å². The Bertz CT molecular complexity index is 362. The highest BCUT2D eigenvalue weighted by atomic mass is 15.2. The van der Waals surface area contributed by atoms with E-state index in [1.165, 1.54) is 25.1 Å². The summed E-state index contributed by atoms with van der Waals surface area (Å²) in [6, 6.07) is 5.05. The van der Waals surface area contributed by atoms with Crippen LogP contribution in [0.15, 0.2) is 18.3 Å². The number of anilines is 1. The highest BCUT2D eigenvalue weighted by molar-refractivity contribution is 5.48. The Kier molecular flexibility index (Phi) is 4.00. The van der Waals surface area contributed by atoms with Crippen LogP contribution in [0.1, 0.15) is 32.4 Å². The molecule has 2 heterocycles. The lowest BCUT2D eigenvalue weighted by Gasteiger charge is -2.29. The van der Waals surface area contributed by atoms with E-state index < -0.39 is 0 Å². The van der Waals surface area contributed by atoms with Crippen LogP contribution in [0.25, 0.3) is 0 Å². The molecule has 1 aliphatic rings. The maximum atomic E-state index is 4.38. The second kappa shape index (κ2) is 5.50. The molecular weight excluding hydrogens is 210 g/mol. The van der Waals surface area contributed by atoms with E-state index in [9.17, 15) is 0 Å². The Morgan fingerprint density at radius 1 is 1.53 bits per heavy atom. The fourth-order valence-electron chi connectivity index (χ4n) is 2.73. The largest absolute Gasteiger partial charge is 0.368 e. The van der Waals surface area contributed by atoms with Crippen LogP contribution in [-0.4, -0.2) is 24.6 Å². The summed E-state index contributed by atoms with van der Waals surface area (Å²) in [7, 11) is 1.96. The molecule has 1 aromatic rings. The van der Waals surface area contributed by atoms with Crippen LogP contribution in [0.2, 0.25) is 0 Å². The van der Waals surface area contributed by atoms with Gasteiger partial charge in [0.05, 0.1) is 5.69 Å². The quantitative estimate of drug-likeness (QED) is 0.865. The Balaban J connectivity index is 2.18. The van der Waals surface area contributed by atoms with E-state index in [2.05, 4.69) is 41.2 Å². The first kappa shape index (κ1) is 12.4. The molecule has 1 aliphatic heterocycles. The highest BCUT2D eigenvalue weighted by Gasteiger charge is 2.27. The van der Waals surface area contributed by atoms with Crippen LogP contribution in [-0.2, 0) is 6.54 Å². The summed E-state index contributed by atoms with van der Waals surface area (Å²) >= 11 is 0. The predicted molar refractivity (Wildman–Crippen MR) is 72.2 cm³/mol. The summed E-state index contributed by atoms with van der Waals surface area (Å²) < 4.78 is 0. The zero-order valence-corrected chi connectivity index (χ0v) is 11.1. The van der Waals surface area contributed by atoms with Crippen LogP contribution < -0.4 is 10.2 Å². The molecule has 1 saturated heterocycles. The fraction of sp³-hybridized carbons (Fsp3) is 0.643. The van der Waals surface area contributed by atoms with Gasteiger partial charge in [-0.05, 0) is 37.9 Å². The van der Waals surface area contributed by atoms with Gasteiger partial charge in [-0.2, -0.15) is 0 Å². The number of hydrogen-bond donors (Lipinski definition) is 1. The molecule has 0 aliphatic carbocycles. The Morgan fingerprint density at radius 2 is 2.35 bits per heavy atom. The summed E-state index contributed by atoms with van der Waals surface area (Å²) in [5.41, 5.74) is 2.46. The van der Waals surface area contributed by atoms with Crippen LogP contribution in [0.5, 0.6) is 0 Å². The van der Waals surface area contributed by atoms with E-state index >= 15 is 0 Å². The van der Waals surface area contributed by atoms with Crippen molar-refractivity contribution in [3.05, 3.63) is 24.0 Å². The van der Waals surface area contributed by atoms with E-state index in [4.69, 9.17) is 0 Å². The van der Waals surface area contributed by atoms with Gasteiger partial charge in [-0.1, -0.05) is 13.8 Å². The molecule has 94 valence electrons. The number of nitrogens with one attached hydrogen (secondary N) is 1. The lowest BCUT2D eigenvalue weighted by Crippen LogP contribution is -2.33. The number of nitrogens with zero attached hydrogens (tertiary/aromatic N) is 2. The third-order valence-electron chi connectivity index (χ3n) is 3.56. The molecule has 0 radical (unpaired) electrons. The van der Waals surface area contributed by atoms with Gasteiger partial charge < -0.3 is 10.2 Å². The first-order valence-corrected chi connectivity index (χ1v) is 6.58. The third-order valence-corrected chi connectivity index (χ3v) is 3.56. The van der Waals surface area contributed by atoms with Crippen LogP contribution in [0, 0.1) is 5.92 Å². The van der Waals surface area contributed by atoms with E-state index in [0.29, 0.717) is 6.04 Å². The van der Waals surface area contributed by atoms with Gasteiger partial charge in [0, 0.05) is 31.0 Å². The van der Waals surface area contributed by atoms with Crippen molar-refractivity contribution in [2.24, 2.45) is 5.92 Å². The molecule has 1 fully saturated rings. The Hall–Kier alpha value is -1.09. The zero-order valence-electron chi connectivity index (χ0n) is 11.1.